The van der Waals surface area contributed by atoms with E-state index in [0.29, 0.717) is 11.4 Å². The SMILES string of the molecule is CNc1ncc(C)c(N2CCC(C)(C)CC2)n1. The summed E-state index contributed by atoms with van der Waals surface area (Å²) in [6.45, 7) is 8.95. The van der Waals surface area contributed by atoms with Gasteiger partial charge in [-0.15, -0.1) is 0 Å². The molecule has 0 aromatic carbocycles. The lowest BCUT2D eigenvalue weighted by Gasteiger charge is -2.38. The number of nitrogens with zero attached hydrogens (tertiary/aromatic N) is 3. The minimum Gasteiger partial charge on any atom is -0.357 e. The highest BCUT2D eigenvalue weighted by Crippen LogP contribution is 2.32. The summed E-state index contributed by atoms with van der Waals surface area (Å²) in [6, 6.07) is 0. The second-order valence-corrected chi connectivity index (χ2v) is 5.60. The molecule has 0 spiro atoms. The molecule has 0 radical (unpaired) electrons. The van der Waals surface area contributed by atoms with E-state index < -0.39 is 0 Å². The predicted octanol–water partition coefficient (Wildman–Crippen LogP) is 2.45. The third-order valence-corrected chi connectivity index (χ3v) is 3.59. The Morgan fingerprint density at radius 3 is 2.53 bits per heavy atom. The first-order valence-electron chi connectivity index (χ1n) is 6.28. The fraction of sp³-hybridized carbons (Fsp3) is 0.692. The average Bonchev–Trinajstić information content (AvgIpc) is 2.30. The maximum absolute atomic E-state index is 4.57. The zero-order valence-electron chi connectivity index (χ0n) is 11.2. The largest absolute Gasteiger partial charge is 0.357 e. The van der Waals surface area contributed by atoms with Crippen molar-refractivity contribution in [1.29, 1.82) is 0 Å². The fourth-order valence-corrected chi connectivity index (χ4v) is 2.20. The maximum atomic E-state index is 4.57. The molecule has 0 atom stereocenters. The Labute approximate surface area is 103 Å². The second-order valence-electron chi connectivity index (χ2n) is 5.60. The van der Waals surface area contributed by atoms with Crippen LogP contribution in [0.2, 0.25) is 0 Å². The summed E-state index contributed by atoms with van der Waals surface area (Å²) in [5.74, 6) is 1.79. The van der Waals surface area contributed by atoms with Gasteiger partial charge in [0.15, 0.2) is 0 Å². The molecule has 0 aliphatic carbocycles. The average molecular weight is 234 g/mol. The highest BCUT2D eigenvalue weighted by Gasteiger charge is 2.26. The molecule has 0 saturated carbocycles. The van der Waals surface area contributed by atoms with Crippen LogP contribution in [0.15, 0.2) is 6.20 Å². The molecular weight excluding hydrogens is 212 g/mol. The van der Waals surface area contributed by atoms with Crippen LogP contribution < -0.4 is 10.2 Å². The van der Waals surface area contributed by atoms with Crippen molar-refractivity contribution in [2.24, 2.45) is 5.41 Å². The Morgan fingerprint density at radius 1 is 1.29 bits per heavy atom. The van der Waals surface area contributed by atoms with Gasteiger partial charge in [0, 0.05) is 31.9 Å². The number of rotatable bonds is 2. The van der Waals surface area contributed by atoms with Crippen LogP contribution in [-0.4, -0.2) is 30.1 Å². The Kier molecular flexibility index (Phi) is 3.22. The van der Waals surface area contributed by atoms with E-state index in [1.165, 1.54) is 12.8 Å². The van der Waals surface area contributed by atoms with Gasteiger partial charge in [0.05, 0.1) is 0 Å². The monoisotopic (exact) mass is 234 g/mol. The molecule has 1 saturated heterocycles. The van der Waals surface area contributed by atoms with Crippen molar-refractivity contribution in [3.05, 3.63) is 11.8 Å². The van der Waals surface area contributed by atoms with Crippen molar-refractivity contribution in [3.8, 4) is 0 Å². The first-order valence-corrected chi connectivity index (χ1v) is 6.28. The first kappa shape index (κ1) is 12.1. The van der Waals surface area contributed by atoms with E-state index in [0.717, 1.165) is 24.5 Å². The molecule has 2 rings (SSSR count). The molecule has 1 fully saturated rings. The van der Waals surface area contributed by atoms with Crippen molar-refractivity contribution in [2.75, 3.05) is 30.4 Å². The molecule has 1 N–H and O–H groups in total. The molecule has 1 aliphatic heterocycles. The standard InChI is InChI=1S/C13H22N4/c1-10-9-15-12(14-4)16-11(10)17-7-5-13(2,3)6-8-17/h9H,5-8H2,1-4H3,(H,14,15,16). The minimum atomic E-state index is 0.475. The Balaban J connectivity index is 2.17. The maximum Gasteiger partial charge on any atom is 0.224 e. The van der Waals surface area contributed by atoms with Gasteiger partial charge in [0.1, 0.15) is 5.82 Å². The molecule has 4 heteroatoms. The summed E-state index contributed by atoms with van der Waals surface area (Å²) in [6.07, 6.45) is 4.35. The van der Waals surface area contributed by atoms with Gasteiger partial charge in [-0.25, -0.2) is 4.98 Å². The normalized spacial score (nSPS) is 19.2. The molecule has 1 aromatic heterocycles. The third-order valence-electron chi connectivity index (χ3n) is 3.59. The summed E-state index contributed by atoms with van der Waals surface area (Å²) < 4.78 is 0. The van der Waals surface area contributed by atoms with Crippen LogP contribution >= 0.6 is 0 Å². The number of anilines is 2. The van der Waals surface area contributed by atoms with Gasteiger partial charge < -0.3 is 10.2 Å². The zero-order chi connectivity index (χ0) is 12.5. The Hall–Kier alpha value is -1.32. The highest BCUT2D eigenvalue weighted by molar-refractivity contribution is 5.49. The molecular formula is C13H22N4. The highest BCUT2D eigenvalue weighted by atomic mass is 15.2. The number of hydrogen-bond acceptors (Lipinski definition) is 4. The van der Waals surface area contributed by atoms with Crippen molar-refractivity contribution in [3.63, 3.8) is 0 Å². The van der Waals surface area contributed by atoms with E-state index >= 15 is 0 Å². The van der Waals surface area contributed by atoms with Gasteiger partial charge in [-0.2, -0.15) is 4.98 Å². The van der Waals surface area contributed by atoms with Crippen LogP contribution in [0.3, 0.4) is 0 Å². The molecule has 0 unspecified atom stereocenters. The van der Waals surface area contributed by atoms with Gasteiger partial charge >= 0.3 is 0 Å². The lowest BCUT2D eigenvalue weighted by atomic mass is 9.82. The lowest BCUT2D eigenvalue weighted by molar-refractivity contribution is 0.279. The number of nitrogens with one attached hydrogen (secondary N) is 1. The smallest absolute Gasteiger partial charge is 0.224 e. The van der Waals surface area contributed by atoms with E-state index in [1.54, 1.807) is 0 Å². The summed E-state index contributed by atoms with van der Waals surface area (Å²) in [5, 5.41) is 3.00. The van der Waals surface area contributed by atoms with Crippen LogP contribution in [0.4, 0.5) is 11.8 Å². The van der Waals surface area contributed by atoms with Crippen LogP contribution in [0.1, 0.15) is 32.3 Å². The predicted molar refractivity (Wildman–Crippen MR) is 71.5 cm³/mol. The molecule has 0 bridgehead atoms. The van der Waals surface area contributed by atoms with Gasteiger partial charge in [0.25, 0.3) is 0 Å². The third kappa shape index (κ3) is 2.68. The second kappa shape index (κ2) is 4.51. The van der Waals surface area contributed by atoms with Gasteiger partial charge in [-0.05, 0) is 25.2 Å². The lowest BCUT2D eigenvalue weighted by Crippen LogP contribution is -2.38. The van der Waals surface area contributed by atoms with Crippen LogP contribution in [0.5, 0.6) is 0 Å². The minimum absolute atomic E-state index is 0.475. The van der Waals surface area contributed by atoms with E-state index in [-0.39, 0.29) is 0 Å². The van der Waals surface area contributed by atoms with E-state index in [1.807, 2.05) is 13.2 Å². The first-order chi connectivity index (χ1) is 8.02. The molecule has 1 aliphatic rings. The summed E-state index contributed by atoms with van der Waals surface area (Å²) >= 11 is 0. The summed E-state index contributed by atoms with van der Waals surface area (Å²) in [4.78, 5) is 11.2. The van der Waals surface area contributed by atoms with Crippen molar-refractivity contribution < 1.29 is 0 Å². The van der Waals surface area contributed by atoms with Gasteiger partial charge in [-0.1, -0.05) is 13.8 Å². The van der Waals surface area contributed by atoms with Crippen molar-refractivity contribution in [1.82, 2.24) is 9.97 Å². The number of aryl methyl sites for hydroxylation is 1. The molecule has 17 heavy (non-hydrogen) atoms. The molecule has 1 aromatic rings. The van der Waals surface area contributed by atoms with Crippen LogP contribution in [0.25, 0.3) is 0 Å². The molecule has 2 heterocycles. The van der Waals surface area contributed by atoms with E-state index in [4.69, 9.17) is 0 Å². The van der Waals surface area contributed by atoms with Gasteiger partial charge in [0.2, 0.25) is 5.95 Å². The zero-order valence-corrected chi connectivity index (χ0v) is 11.2. The number of aromatic nitrogens is 2. The number of piperidine rings is 1. The Morgan fingerprint density at radius 2 is 1.94 bits per heavy atom. The summed E-state index contributed by atoms with van der Waals surface area (Å²) in [5.41, 5.74) is 1.63. The van der Waals surface area contributed by atoms with E-state index in [2.05, 4.69) is 41.0 Å². The molecule has 0 amide bonds. The van der Waals surface area contributed by atoms with Crippen LogP contribution in [0, 0.1) is 12.3 Å². The number of hydrogen-bond donors (Lipinski definition) is 1. The van der Waals surface area contributed by atoms with Crippen molar-refractivity contribution in [2.45, 2.75) is 33.6 Å². The molecule has 94 valence electrons. The summed E-state index contributed by atoms with van der Waals surface area (Å²) in [7, 11) is 1.85. The topological polar surface area (TPSA) is 41.1 Å². The van der Waals surface area contributed by atoms with E-state index in [9.17, 15) is 0 Å². The van der Waals surface area contributed by atoms with Gasteiger partial charge in [-0.3, -0.25) is 0 Å². The molecule has 4 nitrogen and oxygen atoms in total. The van der Waals surface area contributed by atoms with Crippen LogP contribution in [-0.2, 0) is 0 Å². The Bertz CT molecular complexity index is 390. The van der Waals surface area contributed by atoms with Crippen molar-refractivity contribution >= 4 is 11.8 Å². The fourth-order valence-electron chi connectivity index (χ4n) is 2.20. The quantitative estimate of drug-likeness (QED) is 0.853.